The van der Waals surface area contributed by atoms with Gasteiger partial charge in [-0.15, -0.1) is 0 Å². The van der Waals surface area contributed by atoms with Gasteiger partial charge in [-0.3, -0.25) is 4.79 Å². The van der Waals surface area contributed by atoms with E-state index in [4.69, 9.17) is 16.6 Å². The lowest BCUT2D eigenvalue weighted by Crippen LogP contribution is -2.54. The lowest BCUT2D eigenvalue weighted by Gasteiger charge is -2.40. The van der Waals surface area contributed by atoms with Crippen LogP contribution in [0.4, 0.5) is 10.2 Å². The molecule has 1 unspecified atom stereocenters. The van der Waals surface area contributed by atoms with Crippen molar-refractivity contribution in [3.05, 3.63) is 71.8 Å². The monoisotopic (exact) mass is 475 g/mol. The van der Waals surface area contributed by atoms with Gasteiger partial charge in [-0.05, 0) is 37.4 Å². The number of carbonyl (C=O) groups is 1. The average molecular weight is 476 g/mol. The number of hydrogen-bond donors (Lipinski definition) is 0. The number of carbonyl (C=O) groups excluding carboxylic acids is 1. The molecule has 8 heteroatoms. The van der Waals surface area contributed by atoms with Crippen molar-refractivity contribution in [3.63, 3.8) is 0 Å². The molecule has 1 fully saturated rings. The third-order valence-corrected chi connectivity index (χ3v) is 6.52. The molecule has 1 amide bonds. The van der Waals surface area contributed by atoms with Gasteiger partial charge in [0.05, 0.1) is 11.1 Å². The minimum atomic E-state index is -0.936. The Balaban J connectivity index is 1.55. The summed E-state index contributed by atoms with van der Waals surface area (Å²) in [7, 11) is 0. The van der Waals surface area contributed by atoms with Crippen LogP contribution in [0, 0.1) is 6.92 Å². The van der Waals surface area contributed by atoms with Gasteiger partial charge in [-0.25, -0.2) is 19.3 Å². The molecule has 1 aliphatic heterocycles. The number of fused-ring (bicyclic) bond motifs is 2. The number of benzene rings is 2. The molecule has 0 bridgehead atoms. The summed E-state index contributed by atoms with van der Waals surface area (Å²) in [6.45, 7) is 8.30. The number of halogens is 2. The van der Waals surface area contributed by atoms with Crippen LogP contribution < -0.4 is 4.90 Å². The molecular formula is C26H23ClFN5O. The molecule has 1 atom stereocenters. The number of hydrogen-bond acceptors (Lipinski definition) is 5. The van der Waals surface area contributed by atoms with Crippen molar-refractivity contribution in [3.8, 4) is 11.3 Å². The Morgan fingerprint density at radius 2 is 1.85 bits per heavy atom. The first-order chi connectivity index (χ1) is 16.3. The molecular weight excluding hydrogens is 453 g/mol. The van der Waals surface area contributed by atoms with E-state index in [0.29, 0.717) is 36.1 Å². The molecule has 172 valence electrons. The Kier molecular flexibility index (Phi) is 5.65. The van der Waals surface area contributed by atoms with Crippen molar-refractivity contribution in [1.29, 1.82) is 0 Å². The Morgan fingerprint density at radius 3 is 2.59 bits per heavy atom. The fourth-order valence-corrected chi connectivity index (χ4v) is 4.89. The van der Waals surface area contributed by atoms with Crippen molar-refractivity contribution in [1.82, 2.24) is 19.9 Å². The van der Waals surface area contributed by atoms with E-state index in [2.05, 4.69) is 21.4 Å². The van der Waals surface area contributed by atoms with Crippen LogP contribution in [0.1, 0.15) is 12.7 Å². The Bertz CT molecular complexity index is 1450. The van der Waals surface area contributed by atoms with Crippen molar-refractivity contribution >= 4 is 45.1 Å². The third kappa shape index (κ3) is 3.86. The normalized spacial score (nSPS) is 16.3. The molecule has 0 radical (unpaired) electrons. The lowest BCUT2D eigenvalue weighted by atomic mass is 10.0. The van der Waals surface area contributed by atoms with Crippen molar-refractivity contribution < 1.29 is 9.18 Å². The van der Waals surface area contributed by atoms with E-state index in [9.17, 15) is 9.18 Å². The van der Waals surface area contributed by atoms with Crippen LogP contribution >= 0.6 is 11.6 Å². The van der Waals surface area contributed by atoms with E-state index in [1.807, 2.05) is 62.4 Å². The molecule has 1 saturated heterocycles. The highest BCUT2D eigenvalue weighted by molar-refractivity contribution is 6.36. The molecule has 0 saturated carbocycles. The van der Waals surface area contributed by atoms with Gasteiger partial charge in [-0.2, -0.15) is 0 Å². The second-order valence-electron chi connectivity index (χ2n) is 8.50. The van der Waals surface area contributed by atoms with Crippen molar-refractivity contribution in [2.45, 2.75) is 19.9 Å². The summed E-state index contributed by atoms with van der Waals surface area (Å²) in [5.74, 6) is -0.230. The van der Waals surface area contributed by atoms with Crippen LogP contribution in [0.3, 0.4) is 0 Å². The van der Waals surface area contributed by atoms with Gasteiger partial charge in [-0.1, -0.05) is 48.5 Å². The quantitative estimate of drug-likeness (QED) is 0.375. The fourth-order valence-electron chi connectivity index (χ4n) is 4.61. The standard InChI is InChI=1S/C26H23ClFN5O/c1-15-14-32(12-13-33(15)26(34)16(2)28)25-20-10-11-22(31-24(20)29-17(3)30-25)19-8-4-6-18-7-5-9-21(27)23(18)19/h4-11,15H,2,12-14H2,1,3H3. The van der Waals surface area contributed by atoms with Crippen molar-refractivity contribution in [2.24, 2.45) is 0 Å². The first-order valence-electron chi connectivity index (χ1n) is 11.1. The zero-order valence-corrected chi connectivity index (χ0v) is 19.7. The number of anilines is 1. The van der Waals surface area contributed by atoms with Crippen LogP contribution in [-0.2, 0) is 4.79 Å². The molecule has 4 aromatic rings. The summed E-state index contributed by atoms with van der Waals surface area (Å²) in [5, 5.41) is 3.49. The lowest BCUT2D eigenvalue weighted by molar-refractivity contribution is -0.131. The molecule has 0 N–H and O–H groups in total. The van der Waals surface area contributed by atoms with Gasteiger partial charge < -0.3 is 9.80 Å². The Labute approximate surface area is 201 Å². The highest BCUT2D eigenvalue weighted by atomic mass is 35.5. The van der Waals surface area contributed by atoms with E-state index in [1.54, 1.807) is 0 Å². The molecule has 0 spiro atoms. The number of rotatable bonds is 3. The molecule has 3 heterocycles. The van der Waals surface area contributed by atoms with E-state index in [1.165, 1.54) is 4.90 Å². The predicted molar refractivity (Wildman–Crippen MR) is 134 cm³/mol. The Morgan fingerprint density at radius 1 is 1.09 bits per heavy atom. The first-order valence-corrected chi connectivity index (χ1v) is 11.4. The van der Waals surface area contributed by atoms with Gasteiger partial charge in [0.2, 0.25) is 0 Å². The maximum atomic E-state index is 13.4. The largest absolute Gasteiger partial charge is 0.352 e. The highest BCUT2D eigenvalue weighted by Crippen LogP contribution is 2.34. The maximum absolute atomic E-state index is 13.4. The number of nitrogens with zero attached hydrogens (tertiary/aromatic N) is 5. The first kappa shape index (κ1) is 22.2. The minimum Gasteiger partial charge on any atom is -0.352 e. The summed E-state index contributed by atoms with van der Waals surface area (Å²) in [6.07, 6.45) is 0. The second-order valence-corrected chi connectivity index (χ2v) is 8.91. The van der Waals surface area contributed by atoms with Crippen LogP contribution in [-0.4, -0.2) is 51.4 Å². The molecule has 6 nitrogen and oxygen atoms in total. The summed E-state index contributed by atoms with van der Waals surface area (Å²) in [5.41, 5.74) is 2.31. The smallest absolute Gasteiger partial charge is 0.282 e. The molecule has 1 aliphatic rings. The summed E-state index contributed by atoms with van der Waals surface area (Å²) >= 11 is 6.53. The van der Waals surface area contributed by atoms with Gasteiger partial charge >= 0.3 is 0 Å². The van der Waals surface area contributed by atoms with Gasteiger partial charge in [0.25, 0.3) is 5.91 Å². The minimum absolute atomic E-state index is 0.191. The number of pyridine rings is 1. The average Bonchev–Trinajstić information content (AvgIpc) is 2.82. The molecule has 0 aliphatic carbocycles. The van der Waals surface area contributed by atoms with Gasteiger partial charge in [0.1, 0.15) is 11.6 Å². The summed E-state index contributed by atoms with van der Waals surface area (Å²) < 4.78 is 13.4. The van der Waals surface area contributed by atoms with Crippen LogP contribution in [0.2, 0.25) is 5.02 Å². The molecule has 5 rings (SSSR count). The van der Waals surface area contributed by atoms with E-state index >= 15 is 0 Å². The summed E-state index contributed by atoms with van der Waals surface area (Å²) in [6, 6.07) is 15.6. The van der Waals surface area contributed by atoms with Crippen LogP contribution in [0.25, 0.3) is 33.1 Å². The number of aryl methyl sites for hydroxylation is 1. The van der Waals surface area contributed by atoms with E-state index < -0.39 is 11.7 Å². The number of piperazine rings is 1. The highest BCUT2D eigenvalue weighted by Gasteiger charge is 2.30. The maximum Gasteiger partial charge on any atom is 0.282 e. The van der Waals surface area contributed by atoms with Crippen LogP contribution in [0.15, 0.2) is 60.9 Å². The van der Waals surface area contributed by atoms with Gasteiger partial charge in [0, 0.05) is 41.6 Å². The van der Waals surface area contributed by atoms with E-state index in [-0.39, 0.29) is 6.04 Å². The fraction of sp³-hybridized carbons (Fsp3) is 0.231. The Hall–Kier alpha value is -3.58. The molecule has 2 aromatic carbocycles. The van der Waals surface area contributed by atoms with E-state index in [0.717, 1.165) is 33.2 Å². The number of amides is 1. The number of aromatic nitrogens is 3. The molecule has 34 heavy (non-hydrogen) atoms. The van der Waals surface area contributed by atoms with Crippen LogP contribution in [0.5, 0.6) is 0 Å². The SMILES string of the molecule is C=C(F)C(=O)N1CCN(c2nc(C)nc3nc(-c4cccc5cccc(Cl)c45)ccc23)CC1C. The topological polar surface area (TPSA) is 62.2 Å². The zero-order chi connectivity index (χ0) is 24.0. The predicted octanol–water partition coefficient (Wildman–Crippen LogP) is 5.33. The van der Waals surface area contributed by atoms with Gasteiger partial charge in [0.15, 0.2) is 11.5 Å². The third-order valence-electron chi connectivity index (χ3n) is 6.20. The summed E-state index contributed by atoms with van der Waals surface area (Å²) in [4.78, 5) is 29.9. The molecule has 2 aromatic heterocycles. The van der Waals surface area contributed by atoms with Crippen molar-refractivity contribution in [2.75, 3.05) is 24.5 Å². The zero-order valence-electron chi connectivity index (χ0n) is 18.9. The second kappa shape index (κ2) is 8.65.